The maximum absolute atomic E-state index is 12.6. The van der Waals surface area contributed by atoms with Crippen LogP contribution < -0.4 is 10.2 Å². The third-order valence-corrected chi connectivity index (χ3v) is 5.47. The molecule has 0 radical (unpaired) electrons. The molecule has 3 aromatic rings. The summed E-state index contributed by atoms with van der Waals surface area (Å²) in [6.07, 6.45) is 2.55. The van der Waals surface area contributed by atoms with Crippen LogP contribution in [0.4, 0.5) is 11.4 Å². The van der Waals surface area contributed by atoms with Crippen LogP contribution in [0.1, 0.15) is 35.2 Å². The largest absolute Gasteiger partial charge is 0.322 e. The molecule has 2 amide bonds. The number of aryl methyl sites for hydroxylation is 1. The van der Waals surface area contributed by atoms with Gasteiger partial charge in [0.2, 0.25) is 5.91 Å². The molecule has 1 aliphatic heterocycles. The van der Waals surface area contributed by atoms with Gasteiger partial charge < -0.3 is 10.2 Å². The number of aromatic nitrogens is 1. The summed E-state index contributed by atoms with van der Waals surface area (Å²) in [7, 11) is 0. The summed E-state index contributed by atoms with van der Waals surface area (Å²) in [5.74, 6) is -0.0152. The van der Waals surface area contributed by atoms with Gasteiger partial charge in [-0.15, -0.1) is 11.3 Å². The van der Waals surface area contributed by atoms with Crippen molar-refractivity contribution < 1.29 is 9.59 Å². The summed E-state index contributed by atoms with van der Waals surface area (Å²) in [4.78, 5) is 30.9. The number of hydrogen-bond acceptors (Lipinski definition) is 4. The molecule has 1 aromatic heterocycles. The summed E-state index contributed by atoms with van der Waals surface area (Å²) >= 11 is 1.51. The van der Waals surface area contributed by atoms with E-state index in [0.29, 0.717) is 17.7 Å². The van der Waals surface area contributed by atoms with Gasteiger partial charge in [0.1, 0.15) is 0 Å². The molecule has 2 aromatic carbocycles. The molecule has 1 aliphatic rings. The predicted octanol–water partition coefficient (Wildman–Crippen LogP) is 4.37. The smallest absolute Gasteiger partial charge is 0.255 e. The molecule has 1 N–H and O–H groups in total. The fourth-order valence-corrected chi connectivity index (χ4v) is 3.95. The van der Waals surface area contributed by atoms with Gasteiger partial charge in [0.15, 0.2) is 0 Å². The zero-order valence-electron chi connectivity index (χ0n) is 14.5. The second kappa shape index (κ2) is 6.88. The second-order valence-corrected chi connectivity index (χ2v) is 7.38. The third kappa shape index (κ3) is 3.20. The average molecular weight is 365 g/mol. The predicted molar refractivity (Wildman–Crippen MR) is 105 cm³/mol. The van der Waals surface area contributed by atoms with E-state index < -0.39 is 0 Å². The zero-order valence-corrected chi connectivity index (χ0v) is 15.3. The molecule has 2 heterocycles. The van der Waals surface area contributed by atoms with Gasteiger partial charge in [-0.25, -0.2) is 4.98 Å². The molecule has 0 spiro atoms. The highest BCUT2D eigenvalue weighted by Crippen LogP contribution is 2.28. The lowest BCUT2D eigenvalue weighted by molar-refractivity contribution is -0.119. The molecule has 0 aliphatic carbocycles. The van der Waals surface area contributed by atoms with Crippen molar-refractivity contribution in [3.05, 3.63) is 53.0 Å². The molecule has 0 saturated carbocycles. The first-order valence-corrected chi connectivity index (χ1v) is 9.55. The Hall–Kier alpha value is -2.73. The number of nitrogens with zero attached hydrogens (tertiary/aromatic N) is 2. The molecule has 5 nitrogen and oxygen atoms in total. The first-order valence-electron chi connectivity index (χ1n) is 8.67. The van der Waals surface area contributed by atoms with E-state index in [9.17, 15) is 9.59 Å². The van der Waals surface area contributed by atoms with Crippen molar-refractivity contribution in [3.8, 4) is 0 Å². The van der Waals surface area contributed by atoms with Crippen LogP contribution in [0, 0.1) is 6.92 Å². The molecule has 1 fully saturated rings. The average Bonchev–Trinajstić information content (AvgIpc) is 3.11. The van der Waals surface area contributed by atoms with Crippen molar-refractivity contribution in [2.24, 2.45) is 0 Å². The lowest BCUT2D eigenvalue weighted by Gasteiger charge is -2.28. The van der Waals surface area contributed by atoms with Crippen LogP contribution in [0.15, 0.2) is 41.9 Å². The van der Waals surface area contributed by atoms with E-state index in [1.54, 1.807) is 11.6 Å². The number of carbonyl (C=O) groups excluding carboxylic acids is 2. The Kier molecular flexibility index (Phi) is 4.42. The van der Waals surface area contributed by atoms with E-state index >= 15 is 0 Å². The first kappa shape index (κ1) is 16.7. The number of anilines is 2. The molecule has 0 bridgehead atoms. The Balaban J connectivity index is 1.58. The van der Waals surface area contributed by atoms with Crippen LogP contribution in [0.3, 0.4) is 0 Å². The standard InChI is InChI=1S/C20H19N3O2S/c1-13-5-7-15(11-17(13)23-9-3-2-4-19(23)24)22-20(25)14-6-8-16-18(10-14)26-12-21-16/h5-8,10-12H,2-4,9H2,1H3,(H,22,25). The quantitative estimate of drug-likeness (QED) is 0.749. The monoisotopic (exact) mass is 365 g/mol. The molecule has 1 saturated heterocycles. The number of amides is 2. The van der Waals surface area contributed by atoms with E-state index in [1.165, 1.54) is 11.3 Å². The van der Waals surface area contributed by atoms with E-state index in [-0.39, 0.29) is 11.8 Å². The lowest BCUT2D eigenvalue weighted by atomic mass is 10.1. The number of benzene rings is 2. The Morgan fingerprint density at radius 1 is 1.19 bits per heavy atom. The van der Waals surface area contributed by atoms with E-state index in [4.69, 9.17) is 0 Å². The summed E-state index contributed by atoms with van der Waals surface area (Å²) in [6, 6.07) is 11.2. The number of carbonyl (C=O) groups is 2. The minimum atomic E-state index is -0.167. The van der Waals surface area contributed by atoms with Crippen molar-refractivity contribution in [2.75, 3.05) is 16.8 Å². The van der Waals surface area contributed by atoms with Crippen molar-refractivity contribution in [1.82, 2.24) is 4.98 Å². The molecular weight excluding hydrogens is 346 g/mol. The SMILES string of the molecule is Cc1ccc(NC(=O)c2ccc3ncsc3c2)cc1N1CCCCC1=O. The molecule has 26 heavy (non-hydrogen) atoms. The summed E-state index contributed by atoms with van der Waals surface area (Å²) in [5, 5.41) is 2.94. The third-order valence-electron chi connectivity index (χ3n) is 4.67. The van der Waals surface area contributed by atoms with Gasteiger partial charge in [-0.2, -0.15) is 0 Å². The van der Waals surface area contributed by atoms with Gasteiger partial charge in [-0.1, -0.05) is 6.07 Å². The van der Waals surface area contributed by atoms with Gasteiger partial charge in [-0.3, -0.25) is 9.59 Å². The van der Waals surface area contributed by atoms with Crippen molar-refractivity contribution in [2.45, 2.75) is 26.2 Å². The minimum Gasteiger partial charge on any atom is -0.322 e. The highest BCUT2D eigenvalue weighted by atomic mass is 32.1. The summed E-state index contributed by atoms with van der Waals surface area (Å²) in [6.45, 7) is 2.72. The number of thiazole rings is 1. The Labute approximate surface area is 155 Å². The number of rotatable bonds is 3. The number of hydrogen-bond donors (Lipinski definition) is 1. The molecule has 0 atom stereocenters. The Bertz CT molecular complexity index is 996. The molecule has 132 valence electrons. The summed E-state index contributed by atoms with van der Waals surface area (Å²) in [5.41, 5.74) is 5.87. The van der Waals surface area contributed by atoms with Crippen LogP contribution >= 0.6 is 11.3 Å². The van der Waals surface area contributed by atoms with Crippen LogP contribution in [0.5, 0.6) is 0 Å². The highest BCUT2D eigenvalue weighted by Gasteiger charge is 2.21. The first-order chi connectivity index (χ1) is 12.6. The van der Waals surface area contributed by atoms with Crippen LogP contribution in [0.2, 0.25) is 0 Å². The molecular formula is C20H19N3O2S. The van der Waals surface area contributed by atoms with Gasteiger partial charge in [0.25, 0.3) is 5.91 Å². The number of fused-ring (bicyclic) bond motifs is 1. The van der Waals surface area contributed by atoms with Gasteiger partial charge in [0.05, 0.1) is 15.7 Å². The molecule has 0 unspecified atom stereocenters. The maximum atomic E-state index is 12.6. The van der Waals surface area contributed by atoms with Gasteiger partial charge in [-0.05, 0) is 55.7 Å². The van der Waals surface area contributed by atoms with Crippen molar-refractivity contribution >= 4 is 44.7 Å². The minimum absolute atomic E-state index is 0.151. The van der Waals surface area contributed by atoms with E-state index in [2.05, 4.69) is 10.3 Å². The highest BCUT2D eigenvalue weighted by molar-refractivity contribution is 7.16. The van der Waals surface area contributed by atoms with Gasteiger partial charge >= 0.3 is 0 Å². The van der Waals surface area contributed by atoms with E-state index in [1.807, 2.05) is 42.2 Å². The zero-order chi connectivity index (χ0) is 18.1. The van der Waals surface area contributed by atoms with Crippen molar-refractivity contribution in [1.29, 1.82) is 0 Å². The maximum Gasteiger partial charge on any atom is 0.255 e. The topological polar surface area (TPSA) is 62.3 Å². The Morgan fingerprint density at radius 3 is 2.92 bits per heavy atom. The van der Waals surface area contributed by atoms with Crippen LogP contribution in [-0.4, -0.2) is 23.3 Å². The summed E-state index contributed by atoms with van der Waals surface area (Å²) < 4.78 is 0.987. The van der Waals surface area contributed by atoms with Gasteiger partial charge in [0, 0.05) is 29.9 Å². The number of nitrogens with one attached hydrogen (secondary N) is 1. The second-order valence-electron chi connectivity index (χ2n) is 6.49. The Morgan fingerprint density at radius 2 is 2.08 bits per heavy atom. The van der Waals surface area contributed by atoms with E-state index in [0.717, 1.165) is 40.9 Å². The van der Waals surface area contributed by atoms with Crippen LogP contribution in [0.25, 0.3) is 10.2 Å². The fourth-order valence-electron chi connectivity index (χ4n) is 3.24. The molecule has 6 heteroatoms. The molecule has 4 rings (SSSR count). The normalized spacial score (nSPS) is 14.7. The lowest BCUT2D eigenvalue weighted by Crippen LogP contribution is -2.35. The fraction of sp³-hybridized carbons (Fsp3) is 0.250. The van der Waals surface area contributed by atoms with Crippen molar-refractivity contribution in [3.63, 3.8) is 0 Å². The van der Waals surface area contributed by atoms with Crippen LogP contribution in [-0.2, 0) is 4.79 Å². The number of piperidine rings is 1.